The molecule has 0 bridgehead atoms. The number of rotatable bonds is 3. The molecule has 0 atom stereocenters. The molecule has 0 heterocycles. The topological polar surface area (TPSA) is 0 Å². The van der Waals surface area contributed by atoms with E-state index in [1.54, 1.807) is 0 Å². The molecule has 0 spiro atoms. The quantitative estimate of drug-likeness (QED) is 0.475. The van der Waals surface area contributed by atoms with Gasteiger partial charge >= 0.3 is 172 Å². The zero-order valence-electron chi connectivity index (χ0n) is 42.5. The summed E-state index contributed by atoms with van der Waals surface area (Å²) in [5.74, 6) is 0. The summed E-state index contributed by atoms with van der Waals surface area (Å²) < 4.78 is 268. The first-order valence-electron chi connectivity index (χ1n) is 21.8. The van der Waals surface area contributed by atoms with Gasteiger partial charge in [-0.2, -0.15) is 0 Å². The summed E-state index contributed by atoms with van der Waals surface area (Å²) in [6.07, 6.45) is -71.9. The first-order valence-corrected chi connectivity index (χ1v) is 9.53. The van der Waals surface area contributed by atoms with Gasteiger partial charge < -0.3 is 0 Å². The second-order valence-corrected chi connectivity index (χ2v) is 9.80. The third-order valence-electron chi connectivity index (χ3n) is 2.25. The number of hydrogen-bond donors (Lipinski definition) is 0. The molecule has 1 heteroatoms. The standard InChI is InChI=1S/3C6H11.Sn/c3*1-2-4-6-5-3-1;/h3*1H,2-6H2;/i3*1D,2D2,3D2,4D2,5D2,6D2;. The second kappa shape index (κ2) is 7.71. The van der Waals surface area contributed by atoms with Gasteiger partial charge in [0.15, 0.2) is 0 Å². The molecule has 0 nitrogen and oxygen atoms in total. The second-order valence-electron chi connectivity index (χ2n) is 3.38. The van der Waals surface area contributed by atoms with Crippen LogP contribution in [0.5, 0.6) is 0 Å². The van der Waals surface area contributed by atoms with E-state index in [4.69, 9.17) is 41.1 Å². The monoisotopic (exact) mass is 402 g/mol. The van der Waals surface area contributed by atoms with Crippen molar-refractivity contribution in [2.45, 2.75) is 107 Å². The van der Waals surface area contributed by atoms with Gasteiger partial charge in [0.1, 0.15) is 0 Å². The van der Waals surface area contributed by atoms with Crippen LogP contribution in [0, 0.1) is 0 Å². The molecular formula is C18H33Sn. The van der Waals surface area contributed by atoms with E-state index in [2.05, 4.69) is 0 Å². The van der Waals surface area contributed by atoms with Crippen LogP contribution >= 0.6 is 0 Å². The summed E-state index contributed by atoms with van der Waals surface area (Å²) in [5, 5.41) is 0. The van der Waals surface area contributed by atoms with Gasteiger partial charge in [-0.25, -0.2) is 0 Å². The molecule has 1 radical (unpaired) electrons. The van der Waals surface area contributed by atoms with E-state index < -0.39 is 127 Å². The fraction of sp³-hybridized carbons (Fsp3) is 1.00. The van der Waals surface area contributed by atoms with Crippen molar-refractivity contribution in [3.8, 4) is 0 Å². The minimum atomic E-state index is -8.50. The maximum atomic E-state index is 9.52. The third-order valence-corrected chi connectivity index (χ3v) is 8.67. The molecule has 3 aliphatic rings. The van der Waals surface area contributed by atoms with E-state index in [1.165, 1.54) is 0 Å². The van der Waals surface area contributed by atoms with Crippen LogP contribution in [0.3, 0.4) is 0 Å². The van der Waals surface area contributed by atoms with Crippen molar-refractivity contribution in [2.75, 3.05) is 0 Å². The summed E-state index contributed by atoms with van der Waals surface area (Å²) in [4.78, 5) is 0. The van der Waals surface area contributed by atoms with E-state index >= 15 is 0 Å². The average Bonchev–Trinajstić information content (AvgIpc) is 2.93. The molecule has 0 aromatic heterocycles. The molecule has 0 unspecified atom stereocenters. The fourth-order valence-electron chi connectivity index (χ4n) is 1.50. The Morgan fingerprint density at radius 3 is 1.05 bits per heavy atom. The third kappa shape index (κ3) is 3.92. The van der Waals surface area contributed by atoms with E-state index in [-0.39, 0.29) is 0 Å². The van der Waals surface area contributed by atoms with Crippen molar-refractivity contribution < 1.29 is 45.2 Å². The SMILES string of the molecule is [2H]C1([2H])C([2H])([2H])C([2H])([2H])[C]([2H])([Sn]([C]2([2H])C([2H])([2H])C([2H])([2H])C([2H])([2H])C([2H])([2H])C2([2H])[2H])[C]2([2H])C([2H])([2H])C([2H])([2H])C([2H])([2H])C([2H])([2H])C2([2H])[2H])C([2H])([2H])C1([2H])[2H]. The Hall–Kier alpha value is 0.799. The van der Waals surface area contributed by atoms with Crippen LogP contribution in [0.1, 0.15) is 141 Å². The Kier molecular flexibility index (Phi) is 0.945. The minimum absolute atomic E-state index is 4.49. The first-order chi connectivity index (χ1) is 21.9. The van der Waals surface area contributed by atoms with E-state index in [1.807, 2.05) is 0 Å². The molecule has 0 amide bonds. The van der Waals surface area contributed by atoms with Crippen LogP contribution in [-0.2, 0) is 0 Å². The Bertz CT molecular complexity index is 1230. The van der Waals surface area contributed by atoms with Crippen LogP contribution in [0.4, 0.5) is 0 Å². The van der Waals surface area contributed by atoms with Gasteiger partial charge in [-0.05, 0) is 0 Å². The fourth-order valence-corrected chi connectivity index (χ4v) is 6.85. The average molecular weight is 401 g/mol. The Morgan fingerprint density at radius 2 is 0.789 bits per heavy atom. The Labute approximate surface area is 174 Å². The molecule has 3 rings (SSSR count). The van der Waals surface area contributed by atoms with E-state index in [9.17, 15) is 4.11 Å². The van der Waals surface area contributed by atoms with Crippen LogP contribution in [0.15, 0.2) is 0 Å². The summed E-state index contributed by atoms with van der Waals surface area (Å²) in [5.41, 5.74) is 0. The van der Waals surface area contributed by atoms with Crippen LogP contribution in [0.2, 0.25) is 11.7 Å². The van der Waals surface area contributed by atoms with Gasteiger partial charge in [0.05, 0.1) is 0 Å². The zero-order chi connectivity index (χ0) is 42.6. The van der Waals surface area contributed by atoms with Crippen molar-refractivity contribution in [1.29, 1.82) is 0 Å². The predicted octanol–water partition coefficient (Wildman–Crippen LogP) is 6.48. The zero-order valence-corrected chi connectivity index (χ0v) is 12.4. The predicted molar refractivity (Wildman–Crippen MR) is 86.3 cm³/mol. The normalized spacial score (nSPS) is 99.3. The molecular weight excluding hydrogens is 335 g/mol. The number of hydrogen-bond acceptors (Lipinski definition) is 0. The molecule has 3 saturated carbocycles. The maximum absolute atomic E-state index is 9.52. The molecule has 19 heavy (non-hydrogen) atoms. The summed E-state index contributed by atoms with van der Waals surface area (Å²) in [7, 11) is 0. The van der Waals surface area contributed by atoms with Crippen molar-refractivity contribution >= 4 is 19.8 Å². The van der Waals surface area contributed by atoms with Gasteiger partial charge in [-0.15, -0.1) is 0 Å². The van der Waals surface area contributed by atoms with Crippen LogP contribution < -0.4 is 0 Å². The Balaban J connectivity index is 3.01. The van der Waals surface area contributed by atoms with Gasteiger partial charge in [0.25, 0.3) is 0 Å². The van der Waals surface area contributed by atoms with Gasteiger partial charge in [0, 0.05) is 0 Å². The Morgan fingerprint density at radius 1 is 0.526 bits per heavy atom. The molecule has 0 aliphatic heterocycles. The van der Waals surface area contributed by atoms with Crippen LogP contribution in [-0.4, -0.2) is 19.8 Å². The first kappa shape index (κ1) is 2.33. The molecule has 3 aliphatic carbocycles. The molecule has 0 aromatic carbocycles. The van der Waals surface area contributed by atoms with Gasteiger partial charge in [-0.3, -0.25) is 0 Å². The van der Waals surface area contributed by atoms with Crippen molar-refractivity contribution in [3.05, 3.63) is 0 Å². The summed E-state index contributed by atoms with van der Waals surface area (Å²) >= 11 is -8.50. The van der Waals surface area contributed by atoms with Crippen molar-refractivity contribution in [2.24, 2.45) is 0 Å². The van der Waals surface area contributed by atoms with Gasteiger partial charge in [0.2, 0.25) is 0 Å². The molecule has 0 N–H and O–H groups in total. The van der Waals surface area contributed by atoms with E-state index in [0.29, 0.717) is 0 Å². The van der Waals surface area contributed by atoms with E-state index in [0.717, 1.165) is 0 Å². The molecule has 0 saturated heterocycles. The van der Waals surface area contributed by atoms with Crippen molar-refractivity contribution in [1.82, 2.24) is 0 Å². The molecule has 0 aromatic rings. The van der Waals surface area contributed by atoms with Crippen molar-refractivity contribution in [3.63, 3.8) is 0 Å². The molecule has 3 fully saturated rings. The van der Waals surface area contributed by atoms with Gasteiger partial charge in [-0.1, -0.05) is 0 Å². The van der Waals surface area contributed by atoms with Crippen LogP contribution in [0.25, 0.3) is 0 Å². The summed E-state index contributed by atoms with van der Waals surface area (Å²) in [6, 6.07) is 0. The summed E-state index contributed by atoms with van der Waals surface area (Å²) in [6.45, 7) is 0. The molecule has 109 valence electrons.